The van der Waals surface area contributed by atoms with Gasteiger partial charge in [-0.3, -0.25) is 4.90 Å². The molecule has 1 aromatic rings. The summed E-state index contributed by atoms with van der Waals surface area (Å²) in [5, 5.41) is 2.92. The van der Waals surface area contributed by atoms with E-state index >= 15 is 0 Å². The van der Waals surface area contributed by atoms with Crippen molar-refractivity contribution in [3.05, 3.63) is 35.0 Å². The number of carbonyl (C=O) groups is 2. The molecule has 0 saturated heterocycles. The highest BCUT2D eigenvalue weighted by atomic mass is 16.5. The number of hydrogen-bond acceptors (Lipinski definition) is 5. The number of benzene rings is 1. The van der Waals surface area contributed by atoms with Gasteiger partial charge in [0.2, 0.25) is 0 Å². The van der Waals surface area contributed by atoms with Gasteiger partial charge in [0.15, 0.2) is 11.5 Å². The van der Waals surface area contributed by atoms with Crippen LogP contribution >= 0.6 is 0 Å². The van der Waals surface area contributed by atoms with Gasteiger partial charge in [0.1, 0.15) is 0 Å². The number of hydrogen-bond donors (Lipinski definition) is 1. The van der Waals surface area contributed by atoms with Crippen molar-refractivity contribution in [3.8, 4) is 11.5 Å². The first-order valence-corrected chi connectivity index (χ1v) is 8.13. The molecule has 7 nitrogen and oxygen atoms in total. The van der Waals surface area contributed by atoms with Crippen LogP contribution in [0.2, 0.25) is 0 Å². The number of nitrogens with zero attached hydrogens (tertiary/aromatic N) is 1. The lowest BCUT2D eigenvalue weighted by molar-refractivity contribution is -0.136. The van der Waals surface area contributed by atoms with Crippen LogP contribution in [0.15, 0.2) is 29.5 Å². The molecule has 0 spiro atoms. The normalized spacial score (nSPS) is 20.2. The summed E-state index contributed by atoms with van der Waals surface area (Å²) in [6.07, 6.45) is 1.87. The fourth-order valence-electron chi connectivity index (χ4n) is 3.28. The molecule has 2 aliphatic rings. The van der Waals surface area contributed by atoms with E-state index in [1.54, 1.807) is 30.0 Å². The van der Waals surface area contributed by atoms with Gasteiger partial charge in [-0.15, -0.1) is 0 Å². The summed E-state index contributed by atoms with van der Waals surface area (Å²) in [6.45, 7) is 1.78. The number of allylic oxidation sites excluding steroid dienone is 1. The van der Waals surface area contributed by atoms with Crippen LogP contribution in [0.5, 0.6) is 11.5 Å². The lowest BCUT2D eigenvalue weighted by Crippen LogP contribution is -2.48. The molecule has 134 valence electrons. The standard InChI is InChI=1S/C18H22N2O5/c1-10-14(17(21)25-4)15(19-18(22)20(10)11-8-9-11)12-6-5-7-13(23-2)16(12)24-3/h5-7,11,15H,8-9H2,1-4H3,(H,19,22). The van der Waals surface area contributed by atoms with E-state index in [1.807, 2.05) is 0 Å². The minimum atomic E-state index is -0.667. The molecule has 1 heterocycles. The fourth-order valence-corrected chi connectivity index (χ4v) is 3.28. The molecule has 1 fully saturated rings. The Morgan fingerprint density at radius 1 is 1.20 bits per heavy atom. The van der Waals surface area contributed by atoms with Crippen molar-refractivity contribution in [2.75, 3.05) is 21.3 Å². The van der Waals surface area contributed by atoms with E-state index in [9.17, 15) is 9.59 Å². The zero-order valence-electron chi connectivity index (χ0n) is 14.8. The van der Waals surface area contributed by atoms with E-state index in [0.29, 0.717) is 28.3 Å². The second-order valence-corrected chi connectivity index (χ2v) is 6.06. The third kappa shape index (κ3) is 2.90. The topological polar surface area (TPSA) is 77.1 Å². The number of esters is 1. The van der Waals surface area contributed by atoms with Gasteiger partial charge in [0, 0.05) is 17.3 Å². The van der Waals surface area contributed by atoms with E-state index in [-0.39, 0.29) is 12.1 Å². The van der Waals surface area contributed by atoms with Crippen molar-refractivity contribution in [3.63, 3.8) is 0 Å². The molecule has 2 amide bonds. The van der Waals surface area contributed by atoms with Gasteiger partial charge in [-0.1, -0.05) is 12.1 Å². The summed E-state index contributed by atoms with van der Waals surface area (Å²) >= 11 is 0. The number of para-hydroxylation sites is 1. The van der Waals surface area contributed by atoms with Crippen LogP contribution in [0.25, 0.3) is 0 Å². The number of methoxy groups -OCH3 is 3. The van der Waals surface area contributed by atoms with Gasteiger partial charge in [0.05, 0.1) is 32.9 Å². The molecule has 3 rings (SSSR count). The van der Waals surface area contributed by atoms with Gasteiger partial charge in [-0.05, 0) is 25.8 Å². The predicted octanol–water partition coefficient (Wildman–Crippen LogP) is 2.38. The largest absolute Gasteiger partial charge is 0.493 e. The average molecular weight is 346 g/mol. The van der Waals surface area contributed by atoms with Gasteiger partial charge in [0.25, 0.3) is 0 Å². The van der Waals surface area contributed by atoms with Crippen LogP contribution in [0, 0.1) is 0 Å². The summed E-state index contributed by atoms with van der Waals surface area (Å²) in [4.78, 5) is 26.8. The Labute approximate surface area is 146 Å². The summed E-state index contributed by atoms with van der Waals surface area (Å²) < 4.78 is 15.8. The van der Waals surface area contributed by atoms with Crippen molar-refractivity contribution in [1.82, 2.24) is 10.2 Å². The van der Waals surface area contributed by atoms with E-state index in [2.05, 4.69) is 5.32 Å². The first-order chi connectivity index (χ1) is 12.0. The number of rotatable bonds is 5. The molecule has 1 unspecified atom stereocenters. The summed E-state index contributed by atoms with van der Waals surface area (Å²) in [6, 6.07) is 4.61. The lowest BCUT2D eigenvalue weighted by atomic mass is 9.93. The van der Waals surface area contributed by atoms with Crippen molar-refractivity contribution < 1.29 is 23.8 Å². The van der Waals surface area contributed by atoms with Gasteiger partial charge in [-0.2, -0.15) is 0 Å². The SMILES string of the molecule is COC(=O)C1=C(C)N(C2CC2)C(=O)NC1c1cccc(OC)c1OC. The lowest BCUT2D eigenvalue weighted by Gasteiger charge is -2.35. The monoisotopic (exact) mass is 346 g/mol. The zero-order valence-corrected chi connectivity index (χ0v) is 14.8. The van der Waals surface area contributed by atoms with Crippen molar-refractivity contribution in [1.29, 1.82) is 0 Å². The Balaban J connectivity index is 2.14. The molecule has 25 heavy (non-hydrogen) atoms. The van der Waals surface area contributed by atoms with E-state index in [0.717, 1.165) is 12.8 Å². The van der Waals surface area contributed by atoms with E-state index in [4.69, 9.17) is 14.2 Å². The Morgan fingerprint density at radius 3 is 2.48 bits per heavy atom. The highest BCUT2D eigenvalue weighted by Crippen LogP contribution is 2.42. The highest BCUT2D eigenvalue weighted by molar-refractivity contribution is 5.95. The summed E-state index contributed by atoms with van der Waals surface area (Å²) in [7, 11) is 4.40. The Hall–Kier alpha value is -2.70. The fraction of sp³-hybridized carbons (Fsp3) is 0.444. The maximum Gasteiger partial charge on any atom is 0.337 e. The number of urea groups is 1. The molecule has 0 radical (unpaired) electrons. The van der Waals surface area contributed by atoms with Crippen molar-refractivity contribution in [2.45, 2.75) is 31.8 Å². The van der Waals surface area contributed by atoms with Crippen LogP contribution in [0.3, 0.4) is 0 Å². The van der Waals surface area contributed by atoms with Crippen LogP contribution in [-0.4, -0.2) is 44.3 Å². The third-order valence-corrected chi connectivity index (χ3v) is 4.59. The van der Waals surface area contributed by atoms with Crippen LogP contribution in [0.4, 0.5) is 4.79 Å². The molecule has 1 aliphatic carbocycles. The van der Waals surface area contributed by atoms with E-state index in [1.165, 1.54) is 21.3 Å². The third-order valence-electron chi connectivity index (χ3n) is 4.59. The second-order valence-electron chi connectivity index (χ2n) is 6.06. The molecule has 1 atom stereocenters. The molecule has 1 saturated carbocycles. The predicted molar refractivity (Wildman–Crippen MR) is 90.4 cm³/mol. The van der Waals surface area contributed by atoms with Crippen molar-refractivity contribution in [2.24, 2.45) is 0 Å². The molecule has 1 aliphatic heterocycles. The second kappa shape index (κ2) is 6.66. The number of nitrogens with one attached hydrogen (secondary N) is 1. The quantitative estimate of drug-likeness (QED) is 0.829. The maximum absolute atomic E-state index is 12.6. The Bertz CT molecular complexity index is 739. The first-order valence-electron chi connectivity index (χ1n) is 8.13. The van der Waals surface area contributed by atoms with Crippen LogP contribution in [-0.2, 0) is 9.53 Å². The minimum absolute atomic E-state index is 0.146. The molecule has 0 aromatic heterocycles. The van der Waals surface area contributed by atoms with Crippen LogP contribution < -0.4 is 14.8 Å². The van der Waals surface area contributed by atoms with Crippen LogP contribution in [0.1, 0.15) is 31.4 Å². The number of ether oxygens (including phenoxy) is 3. The minimum Gasteiger partial charge on any atom is -0.493 e. The smallest absolute Gasteiger partial charge is 0.337 e. The molecular formula is C18H22N2O5. The first kappa shape index (κ1) is 17.1. The Kier molecular flexibility index (Phi) is 4.57. The van der Waals surface area contributed by atoms with Gasteiger partial charge in [-0.25, -0.2) is 9.59 Å². The van der Waals surface area contributed by atoms with Crippen molar-refractivity contribution >= 4 is 12.0 Å². The molecule has 7 heteroatoms. The van der Waals surface area contributed by atoms with E-state index < -0.39 is 12.0 Å². The highest BCUT2D eigenvalue weighted by Gasteiger charge is 2.43. The van der Waals surface area contributed by atoms with Gasteiger partial charge >= 0.3 is 12.0 Å². The summed E-state index contributed by atoms with van der Waals surface area (Å²) in [5.74, 6) is 0.531. The Morgan fingerprint density at radius 2 is 1.92 bits per heavy atom. The molecule has 1 aromatic carbocycles. The number of carbonyl (C=O) groups excluding carboxylic acids is 2. The molecule has 0 bridgehead atoms. The zero-order chi connectivity index (χ0) is 18.1. The summed E-state index contributed by atoms with van der Waals surface area (Å²) in [5.41, 5.74) is 1.67. The maximum atomic E-state index is 12.6. The molecular weight excluding hydrogens is 324 g/mol. The molecule has 1 N–H and O–H groups in total. The number of amides is 2. The van der Waals surface area contributed by atoms with Gasteiger partial charge < -0.3 is 19.5 Å². The average Bonchev–Trinajstić information content (AvgIpc) is 3.44.